The molecule has 0 radical (unpaired) electrons. The van der Waals surface area contributed by atoms with Crippen molar-refractivity contribution in [2.75, 3.05) is 0 Å². The summed E-state index contributed by atoms with van der Waals surface area (Å²) in [6, 6.07) is 0. The second kappa shape index (κ2) is 8.15. The SMILES string of the molecule is C=C(C)[C@H]1/C=C\[C@@H](C)C(=O)[C@H]2C[C@@H](C)[C@H](OC(C)=O)/C2=C/[C@H](C)C(=O)C1. The van der Waals surface area contributed by atoms with Gasteiger partial charge >= 0.3 is 5.97 Å². The Morgan fingerprint density at radius 1 is 1.12 bits per heavy atom. The van der Waals surface area contributed by atoms with E-state index in [0.717, 1.165) is 11.1 Å². The van der Waals surface area contributed by atoms with Crippen molar-refractivity contribution in [3.05, 3.63) is 36.0 Å². The number of allylic oxidation sites excluding steroid dienone is 4. The molecule has 26 heavy (non-hydrogen) atoms. The molecule has 1 saturated carbocycles. The highest BCUT2D eigenvalue weighted by Gasteiger charge is 2.43. The van der Waals surface area contributed by atoms with E-state index in [2.05, 4.69) is 6.58 Å². The van der Waals surface area contributed by atoms with Gasteiger partial charge in [-0.1, -0.05) is 51.2 Å². The zero-order valence-electron chi connectivity index (χ0n) is 16.5. The van der Waals surface area contributed by atoms with Gasteiger partial charge in [0.2, 0.25) is 0 Å². The number of fused-ring (bicyclic) bond motifs is 1. The van der Waals surface area contributed by atoms with E-state index in [-0.39, 0.29) is 47.1 Å². The standard InChI is InChI=1S/C22H30O4/c1-12(2)17-8-7-13(3)21(25)18-10-15(5)22(26-16(6)23)19(18)9-14(4)20(24)11-17/h7-9,13-15,17-18,22H,1,10-11H2,2-6H3/b8-7-,19-9+/t13-,14+,15-,17+,18+,22+/m1/s1. The van der Waals surface area contributed by atoms with Crippen LogP contribution in [0.2, 0.25) is 0 Å². The van der Waals surface area contributed by atoms with E-state index in [1.54, 1.807) is 0 Å². The molecule has 2 aliphatic rings. The maximum absolute atomic E-state index is 13.1. The summed E-state index contributed by atoms with van der Waals surface area (Å²) in [6.07, 6.45) is 6.30. The third-order valence-electron chi connectivity index (χ3n) is 5.58. The number of ether oxygens (including phenoxy) is 1. The molecule has 2 rings (SSSR count). The highest BCUT2D eigenvalue weighted by atomic mass is 16.5. The Balaban J connectivity index is 2.47. The molecule has 4 nitrogen and oxygen atoms in total. The summed E-state index contributed by atoms with van der Waals surface area (Å²) >= 11 is 0. The van der Waals surface area contributed by atoms with Crippen LogP contribution in [-0.2, 0) is 19.1 Å². The van der Waals surface area contributed by atoms with Crippen molar-refractivity contribution in [1.82, 2.24) is 0 Å². The van der Waals surface area contributed by atoms with E-state index in [9.17, 15) is 14.4 Å². The summed E-state index contributed by atoms with van der Waals surface area (Å²) in [6.45, 7) is 13.0. The number of esters is 1. The molecule has 6 atom stereocenters. The average Bonchev–Trinajstić information content (AvgIpc) is 2.84. The Labute approximate surface area is 156 Å². The van der Waals surface area contributed by atoms with E-state index < -0.39 is 6.10 Å². The lowest BCUT2D eigenvalue weighted by atomic mass is 9.87. The van der Waals surface area contributed by atoms with Gasteiger partial charge in [-0.05, 0) is 24.8 Å². The lowest BCUT2D eigenvalue weighted by Crippen LogP contribution is -2.25. The van der Waals surface area contributed by atoms with Gasteiger partial charge in [0.15, 0.2) is 0 Å². The first-order valence-corrected chi connectivity index (χ1v) is 9.40. The van der Waals surface area contributed by atoms with Crippen LogP contribution in [0.3, 0.4) is 0 Å². The topological polar surface area (TPSA) is 60.4 Å². The van der Waals surface area contributed by atoms with Crippen molar-refractivity contribution in [3.63, 3.8) is 0 Å². The second-order valence-electron chi connectivity index (χ2n) is 7.95. The fourth-order valence-electron chi connectivity index (χ4n) is 3.92. The number of ketones is 2. The fraction of sp³-hybridized carbons (Fsp3) is 0.591. The minimum Gasteiger partial charge on any atom is -0.458 e. The van der Waals surface area contributed by atoms with Gasteiger partial charge in [-0.2, -0.15) is 0 Å². The molecule has 4 heteroatoms. The third kappa shape index (κ3) is 4.40. The van der Waals surface area contributed by atoms with Crippen LogP contribution in [-0.4, -0.2) is 23.6 Å². The lowest BCUT2D eigenvalue weighted by Gasteiger charge is -2.20. The molecular weight excluding hydrogens is 328 g/mol. The molecule has 0 aromatic carbocycles. The van der Waals surface area contributed by atoms with Crippen LogP contribution in [0.15, 0.2) is 36.0 Å². The van der Waals surface area contributed by atoms with Crippen LogP contribution in [0, 0.1) is 29.6 Å². The zero-order valence-corrected chi connectivity index (χ0v) is 16.5. The molecule has 2 aliphatic carbocycles. The van der Waals surface area contributed by atoms with Gasteiger partial charge in [0, 0.05) is 37.0 Å². The molecule has 0 aliphatic heterocycles. The fourth-order valence-corrected chi connectivity index (χ4v) is 3.92. The Hall–Kier alpha value is -1.97. The third-order valence-corrected chi connectivity index (χ3v) is 5.58. The molecule has 0 aromatic heterocycles. The molecule has 0 aromatic rings. The van der Waals surface area contributed by atoms with Crippen molar-refractivity contribution in [1.29, 1.82) is 0 Å². The summed E-state index contributed by atoms with van der Waals surface area (Å²) in [5, 5.41) is 0. The normalized spacial score (nSPS) is 38.6. The van der Waals surface area contributed by atoms with Gasteiger partial charge in [0.25, 0.3) is 0 Å². The van der Waals surface area contributed by atoms with Gasteiger partial charge < -0.3 is 4.74 Å². The van der Waals surface area contributed by atoms with Gasteiger partial charge in [0.05, 0.1) is 0 Å². The molecule has 0 heterocycles. The smallest absolute Gasteiger partial charge is 0.303 e. The number of Topliss-reactive ketones (excluding diaryl/α,β-unsaturated/α-hetero) is 2. The molecule has 0 N–H and O–H groups in total. The number of carbonyl (C=O) groups excluding carboxylic acids is 3. The Morgan fingerprint density at radius 2 is 1.77 bits per heavy atom. The summed E-state index contributed by atoms with van der Waals surface area (Å²) in [7, 11) is 0. The van der Waals surface area contributed by atoms with Gasteiger partial charge in [-0.15, -0.1) is 0 Å². The number of hydrogen-bond acceptors (Lipinski definition) is 4. The zero-order chi connectivity index (χ0) is 19.6. The predicted molar refractivity (Wildman–Crippen MR) is 101 cm³/mol. The molecule has 0 bridgehead atoms. The predicted octanol–water partition coefficient (Wildman–Crippen LogP) is 4.06. The number of carbonyl (C=O) groups is 3. The summed E-state index contributed by atoms with van der Waals surface area (Å²) in [5.74, 6) is -1.01. The van der Waals surface area contributed by atoms with Crippen molar-refractivity contribution in [2.45, 2.75) is 53.6 Å². The highest BCUT2D eigenvalue weighted by molar-refractivity contribution is 5.89. The maximum Gasteiger partial charge on any atom is 0.303 e. The first-order chi connectivity index (χ1) is 12.1. The van der Waals surface area contributed by atoms with Crippen molar-refractivity contribution in [2.24, 2.45) is 29.6 Å². The quantitative estimate of drug-likeness (QED) is 0.552. The highest BCUT2D eigenvalue weighted by Crippen LogP contribution is 2.41. The van der Waals surface area contributed by atoms with Crippen molar-refractivity contribution >= 4 is 17.5 Å². The van der Waals surface area contributed by atoms with Crippen LogP contribution < -0.4 is 0 Å². The van der Waals surface area contributed by atoms with E-state index in [4.69, 9.17) is 4.74 Å². The average molecular weight is 358 g/mol. The lowest BCUT2D eigenvalue weighted by molar-refractivity contribution is -0.146. The minimum atomic E-state index is -0.425. The van der Waals surface area contributed by atoms with E-state index in [0.29, 0.717) is 12.8 Å². The Morgan fingerprint density at radius 3 is 2.35 bits per heavy atom. The first kappa shape index (κ1) is 20.3. The number of hydrogen-bond donors (Lipinski definition) is 0. The Bertz CT molecular complexity index is 670. The van der Waals surface area contributed by atoms with E-state index in [1.807, 2.05) is 45.9 Å². The van der Waals surface area contributed by atoms with Crippen molar-refractivity contribution in [3.8, 4) is 0 Å². The van der Waals surface area contributed by atoms with Crippen LogP contribution in [0.5, 0.6) is 0 Å². The van der Waals surface area contributed by atoms with Gasteiger partial charge in [-0.25, -0.2) is 0 Å². The van der Waals surface area contributed by atoms with Gasteiger partial charge in [-0.3, -0.25) is 14.4 Å². The molecule has 0 amide bonds. The van der Waals surface area contributed by atoms with Crippen LogP contribution in [0.25, 0.3) is 0 Å². The minimum absolute atomic E-state index is 0.0558. The van der Waals surface area contributed by atoms with Gasteiger partial charge in [0.1, 0.15) is 17.7 Å². The number of rotatable bonds is 2. The van der Waals surface area contributed by atoms with E-state index >= 15 is 0 Å². The van der Waals surface area contributed by atoms with Crippen LogP contribution in [0.1, 0.15) is 47.5 Å². The molecular formula is C22H30O4. The van der Waals surface area contributed by atoms with Crippen LogP contribution in [0.4, 0.5) is 0 Å². The molecule has 0 spiro atoms. The molecule has 0 saturated heterocycles. The summed E-state index contributed by atoms with van der Waals surface area (Å²) in [5.41, 5.74) is 1.72. The summed E-state index contributed by atoms with van der Waals surface area (Å²) < 4.78 is 5.52. The largest absolute Gasteiger partial charge is 0.458 e. The monoisotopic (exact) mass is 358 g/mol. The molecule has 0 unspecified atom stereocenters. The molecule has 142 valence electrons. The summed E-state index contributed by atoms with van der Waals surface area (Å²) in [4.78, 5) is 37.3. The Kier molecular flexibility index (Phi) is 6.38. The maximum atomic E-state index is 13.1. The second-order valence-corrected chi connectivity index (χ2v) is 7.95. The first-order valence-electron chi connectivity index (χ1n) is 9.40. The van der Waals surface area contributed by atoms with Crippen LogP contribution >= 0.6 is 0 Å². The molecule has 1 fully saturated rings. The van der Waals surface area contributed by atoms with Crippen molar-refractivity contribution < 1.29 is 19.1 Å². The van der Waals surface area contributed by atoms with E-state index in [1.165, 1.54) is 6.92 Å².